The van der Waals surface area contributed by atoms with E-state index in [0.717, 1.165) is 31.4 Å². The van der Waals surface area contributed by atoms with E-state index in [1.165, 1.54) is 12.1 Å². The lowest BCUT2D eigenvalue weighted by atomic mass is 10.00. The van der Waals surface area contributed by atoms with Gasteiger partial charge in [-0.25, -0.2) is 23.1 Å². The number of likely N-dealkylation sites (tertiary alicyclic amines) is 1. The first-order chi connectivity index (χ1) is 16.9. The summed E-state index contributed by atoms with van der Waals surface area (Å²) in [4.78, 5) is 24.0. The van der Waals surface area contributed by atoms with Crippen molar-refractivity contribution >= 4 is 22.8 Å². The summed E-state index contributed by atoms with van der Waals surface area (Å²) >= 11 is 0. The van der Waals surface area contributed by atoms with Crippen molar-refractivity contribution in [2.75, 3.05) is 18.4 Å². The van der Waals surface area contributed by atoms with Crippen LogP contribution in [0, 0.1) is 24.4 Å². The van der Waals surface area contributed by atoms with Crippen LogP contribution in [0.5, 0.6) is 0 Å². The largest absolute Gasteiger partial charge is 0.366 e. The van der Waals surface area contributed by atoms with E-state index in [1.807, 2.05) is 0 Å². The average molecular weight is 480 g/mol. The van der Waals surface area contributed by atoms with Crippen LogP contribution in [0.2, 0.25) is 0 Å². The Bertz CT molecular complexity index is 1390. The maximum atomic E-state index is 13.7. The molecule has 1 fully saturated rings. The number of hydrogen-bond acceptors (Lipinski definition) is 5. The van der Waals surface area contributed by atoms with Crippen molar-refractivity contribution in [2.45, 2.75) is 32.2 Å². The molecule has 1 aliphatic rings. The topological polar surface area (TPSA) is 86.8 Å². The molecule has 0 unspecified atom stereocenters. The first-order valence-electron chi connectivity index (χ1n) is 11.4. The summed E-state index contributed by atoms with van der Waals surface area (Å²) in [6.07, 6.45) is 4.26. The molecule has 0 bridgehead atoms. The fraction of sp³-hybridized carbons (Fsp3) is 0.280. The Morgan fingerprint density at radius 3 is 2.54 bits per heavy atom. The highest BCUT2D eigenvalue weighted by atomic mass is 19.2. The zero-order valence-electron chi connectivity index (χ0n) is 19.0. The van der Waals surface area contributed by atoms with Crippen molar-refractivity contribution in [3.63, 3.8) is 0 Å². The van der Waals surface area contributed by atoms with Crippen molar-refractivity contribution in [2.24, 2.45) is 0 Å². The van der Waals surface area contributed by atoms with Crippen LogP contribution in [0.4, 0.5) is 19.0 Å². The number of fused-ring (bicyclic) bond motifs is 1. The molecule has 0 spiro atoms. The normalized spacial score (nSPS) is 16.0. The number of nitrogens with zero attached hydrogens (tertiary/aromatic N) is 4. The third-order valence-corrected chi connectivity index (χ3v) is 6.27. The van der Waals surface area contributed by atoms with Gasteiger partial charge in [-0.1, -0.05) is 12.1 Å². The lowest BCUT2D eigenvalue weighted by molar-refractivity contribution is 0.0623. The second-order valence-corrected chi connectivity index (χ2v) is 8.60. The van der Waals surface area contributed by atoms with E-state index in [-0.39, 0.29) is 34.5 Å². The summed E-state index contributed by atoms with van der Waals surface area (Å²) < 4.78 is 40.6. The molecular formula is C25H23F3N6O. The molecule has 4 aromatic rings. The van der Waals surface area contributed by atoms with Gasteiger partial charge in [0.25, 0.3) is 5.91 Å². The lowest BCUT2D eigenvalue weighted by Crippen LogP contribution is -2.47. The van der Waals surface area contributed by atoms with Gasteiger partial charge in [-0.05, 0) is 43.9 Å². The summed E-state index contributed by atoms with van der Waals surface area (Å²) in [7, 11) is 0. The van der Waals surface area contributed by atoms with Crippen LogP contribution in [0.1, 0.15) is 35.4 Å². The molecule has 2 N–H and O–H groups in total. The number of carbonyl (C=O) groups excluding carboxylic acids is 1. The second kappa shape index (κ2) is 9.36. The Labute approximate surface area is 199 Å². The predicted octanol–water partition coefficient (Wildman–Crippen LogP) is 4.85. The number of hydrogen-bond donors (Lipinski definition) is 2. The lowest BCUT2D eigenvalue weighted by Gasteiger charge is -2.35. The van der Waals surface area contributed by atoms with Crippen LogP contribution in [0.3, 0.4) is 0 Å². The smallest absolute Gasteiger partial charge is 0.275 e. The molecule has 1 aliphatic heterocycles. The molecule has 0 saturated carbocycles. The molecule has 35 heavy (non-hydrogen) atoms. The van der Waals surface area contributed by atoms with Crippen LogP contribution in [0.25, 0.3) is 22.2 Å². The maximum Gasteiger partial charge on any atom is 0.275 e. The molecule has 0 radical (unpaired) electrons. The molecule has 1 atom stereocenters. The van der Waals surface area contributed by atoms with Crippen LogP contribution in [-0.2, 0) is 0 Å². The number of H-pyrrole nitrogens is 1. The fourth-order valence-electron chi connectivity index (χ4n) is 4.44. The number of aromatic nitrogens is 4. The number of aryl methyl sites for hydroxylation is 1. The van der Waals surface area contributed by atoms with Gasteiger partial charge in [-0.2, -0.15) is 5.10 Å². The predicted molar refractivity (Wildman–Crippen MR) is 125 cm³/mol. The average Bonchev–Trinajstić information content (AvgIpc) is 3.34. The molecule has 1 amide bonds. The number of aromatic amines is 1. The molecule has 0 aliphatic carbocycles. The Morgan fingerprint density at radius 2 is 1.80 bits per heavy atom. The number of amides is 1. The molecule has 5 rings (SSSR count). The van der Waals surface area contributed by atoms with Gasteiger partial charge in [-0.15, -0.1) is 0 Å². The highest BCUT2D eigenvalue weighted by molar-refractivity contribution is 5.99. The Kier molecular flexibility index (Phi) is 6.10. The highest BCUT2D eigenvalue weighted by Gasteiger charge is 2.30. The van der Waals surface area contributed by atoms with Crippen molar-refractivity contribution < 1.29 is 18.0 Å². The van der Waals surface area contributed by atoms with Crippen molar-refractivity contribution in [1.82, 2.24) is 25.1 Å². The molecular weight excluding hydrogens is 457 g/mol. The van der Waals surface area contributed by atoms with Crippen LogP contribution >= 0.6 is 0 Å². The zero-order chi connectivity index (χ0) is 24.5. The first-order valence-corrected chi connectivity index (χ1v) is 11.4. The van der Waals surface area contributed by atoms with Crippen LogP contribution < -0.4 is 5.32 Å². The van der Waals surface area contributed by atoms with Crippen LogP contribution in [-0.4, -0.2) is 50.1 Å². The van der Waals surface area contributed by atoms with Gasteiger partial charge < -0.3 is 10.2 Å². The van der Waals surface area contributed by atoms with Gasteiger partial charge in [0, 0.05) is 43.0 Å². The number of nitrogens with one attached hydrogen (secondary N) is 2. The quantitative estimate of drug-likeness (QED) is 0.426. The minimum atomic E-state index is -0.985. The molecule has 2 aromatic carbocycles. The van der Waals surface area contributed by atoms with E-state index in [1.54, 1.807) is 30.2 Å². The standard InChI is InChI=1S/C25H23F3N6O/c1-14-24(32-22-11-20(28)19(27)10-21(22)31-14)29-12-17-4-2-3-9-34(17)25(35)23-18(13-30-33-23)15-5-7-16(26)8-6-15/h5-8,10-11,13,17H,2-4,9,12H2,1H3,(H,29,32)(H,30,33)/t17-/m0/s1. The van der Waals surface area contributed by atoms with Gasteiger partial charge in [0.2, 0.25) is 0 Å². The van der Waals surface area contributed by atoms with Gasteiger partial charge in [0.15, 0.2) is 17.3 Å². The summed E-state index contributed by atoms with van der Waals surface area (Å²) in [5.74, 6) is -2.07. The highest BCUT2D eigenvalue weighted by Crippen LogP contribution is 2.27. The van der Waals surface area contributed by atoms with Crippen molar-refractivity contribution in [3.8, 4) is 11.1 Å². The number of anilines is 1. The van der Waals surface area contributed by atoms with E-state index >= 15 is 0 Å². The van der Waals surface area contributed by atoms with Gasteiger partial charge in [0.05, 0.1) is 16.7 Å². The first kappa shape index (κ1) is 22.8. The fourth-order valence-corrected chi connectivity index (χ4v) is 4.44. The van der Waals surface area contributed by atoms with E-state index in [2.05, 4.69) is 25.5 Å². The second-order valence-electron chi connectivity index (χ2n) is 8.60. The number of carbonyl (C=O) groups is 1. The summed E-state index contributed by atoms with van der Waals surface area (Å²) in [5.41, 5.74) is 2.65. The maximum absolute atomic E-state index is 13.7. The Balaban J connectivity index is 1.36. The van der Waals surface area contributed by atoms with E-state index in [9.17, 15) is 18.0 Å². The zero-order valence-corrected chi connectivity index (χ0v) is 19.0. The number of piperidine rings is 1. The van der Waals surface area contributed by atoms with E-state index in [4.69, 9.17) is 0 Å². The van der Waals surface area contributed by atoms with Crippen molar-refractivity contribution in [3.05, 3.63) is 71.4 Å². The van der Waals surface area contributed by atoms with E-state index < -0.39 is 11.6 Å². The Morgan fingerprint density at radius 1 is 1.09 bits per heavy atom. The van der Waals surface area contributed by atoms with Gasteiger partial charge in [0.1, 0.15) is 11.6 Å². The number of halogens is 3. The monoisotopic (exact) mass is 480 g/mol. The third kappa shape index (κ3) is 4.55. The minimum absolute atomic E-state index is 0.129. The van der Waals surface area contributed by atoms with Gasteiger partial charge >= 0.3 is 0 Å². The molecule has 10 heteroatoms. The van der Waals surface area contributed by atoms with E-state index in [0.29, 0.717) is 35.7 Å². The molecule has 180 valence electrons. The number of benzene rings is 2. The molecule has 1 saturated heterocycles. The minimum Gasteiger partial charge on any atom is -0.366 e. The SMILES string of the molecule is Cc1nc2cc(F)c(F)cc2nc1NC[C@@H]1CCCCN1C(=O)c1n[nH]cc1-c1ccc(F)cc1. The summed E-state index contributed by atoms with van der Waals surface area (Å²) in [5, 5.41) is 10.2. The molecule has 7 nitrogen and oxygen atoms in total. The third-order valence-electron chi connectivity index (χ3n) is 6.27. The van der Waals surface area contributed by atoms with Crippen molar-refractivity contribution in [1.29, 1.82) is 0 Å². The summed E-state index contributed by atoms with van der Waals surface area (Å²) in [6, 6.07) is 7.83. The van der Waals surface area contributed by atoms with Crippen LogP contribution in [0.15, 0.2) is 42.6 Å². The van der Waals surface area contributed by atoms with Gasteiger partial charge in [-0.3, -0.25) is 9.89 Å². The molecule has 3 heterocycles. The summed E-state index contributed by atoms with van der Waals surface area (Å²) in [6.45, 7) is 2.72. The number of rotatable bonds is 5. The Hall–Kier alpha value is -3.95. The molecule has 2 aromatic heterocycles.